The first kappa shape index (κ1) is 22.0. The Kier molecular flexibility index (Phi) is 5.79. The fourth-order valence-corrected chi connectivity index (χ4v) is 4.08. The lowest BCUT2D eigenvalue weighted by molar-refractivity contribution is -0.144. The summed E-state index contributed by atoms with van der Waals surface area (Å²) in [6.45, 7) is 7.67. The van der Waals surface area contributed by atoms with Gasteiger partial charge < -0.3 is 10.2 Å². The molecule has 10 heteroatoms. The number of nitrogens with one attached hydrogen (secondary N) is 1. The molecular formula is C22H25F3N6O. The summed E-state index contributed by atoms with van der Waals surface area (Å²) in [5, 5.41) is 6.42. The number of fused-ring (bicyclic) bond motifs is 1. The number of aromatic nitrogens is 4. The molecule has 0 spiro atoms. The van der Waals surface area contributed by atoms with Crippen molar-refractivity contribution < 1.29 is 18.0 Å². The van der Waals surface area contributed by atoms with Crippen molar-refractivity contribution in [1.29, 1.82) is 0 Å². The molecule has 1 saturated heterocycles. The first-order valence-electron chi connectivity index (χ1n) is 10.6. The minimum Gasteiger partial charge on any atom is -0.371 e. The van der Waals surface area contributed by atoms with E-state index in [2.05, 4.69) is 32.2 Å². The number of rotatable bonds is 5. The first-order valence-corrected chi connectivity index (χ1v) is 10.6. The van der Waals surface area contributed by atoms with Crippen molar-refractivity contribution >= 4 is 23.1 Å². The highest BCUT2D eigenvalue weighted by Crippen LogP contribution is 2.27. The van der Waals surface area contributed by atoms with E-state index in [1.54, 1.807) is 13.8 Å². The molecule has 1 amide bonds. The summed E-state index contributed by atoms with van der Waals surface area (Å²) in [6.07, 6.45) is -2.96. The maximum Gasteiger partial charge on any atom is 0.453 e. The van der Waals surface area contributed by atoms with Crippen LogP contribution < -0.4 is 10.2 Å². The van der Waals surface area contributed by atoms with E-state index in [0.29, 0.717) is 35.0 Å². The molecule has 1 aliphatic rings. The van der Waals surface area contributed by atoms with Gasteiger partial charge in [-0.1, -0.05) is 6.92 Å². The van der Waals surface area contributed by atoms with Crippen molar-refractivity contribution in [2.75, 3.05) is 23.3 Å². The lowest BCUT2D eigenvalue weighted by Gasteiger charge is -2.18. The predicted octanol–water partition coefficient (Wildman–Crippen LogP) is 4.18. The maximum absolute atomic E-state index is 12.9. The second-order valence-electron chi connectivity index (χ2n) is 8.34. The number of carbonyl (C=O) groups excluding carboxylic acids is 1. The van der Waals surface area contributed by atoms with Gasteiger partial charge in [0.15, 0.2) is 0 Å². The number of aryl methyl sites for hydroxylation is 2. The van der Waals surface area contributed by atoms with Crippen molar-refractivity contribution in [3.63, 3.8) is 0 Å². The Hall–Kier alpha value is -3.17. The molecule has 7 nitrogen and oxygen atoms in total. The number of alkyl halides is 3. The normalized spacial score (nSPS) is 16.7. The molecule has 3 aromatic rings. The highest BCUT2D eigenvalue weighted by atomic mass is 19.4. The third kappa shape index (κ3) is 4.53. The predicted molar refractivity (Wildman–Crippen MR) is 115 cm³/mol. The summed E-state index contributed by atoms with van der Waals surface area (Å²) in [6, 6.07) is 7.77. The monoisotopic (exact) mass is 446 g/mol. The molecule has 170 valence electrons. The lowest BCUT2D eigenvalue weighted by Crippen LogP contribution is -2.19. The molecule has 1 fully saturated rings. The molecule has 2 aromatic heterocycles. The minimum atomic E-state index is -4.64. The Labute approximate surface area is 183 Å². The standard InChI is InChI=1S/C22H25F3N6O/c1-13-10-11-30(12-13)17-6-4-16(5-7-17)27-19(32)9-8-18-14(2)26-21-28-20(22(23,24)25)29-31(21)15(18)3/h4-7,13H,8-12H2,1-3H3,(H,27,32). The molecule has 3 heterocycles. The molecule has 1 aliphatic heterocycles. The number of carbonyl (C=O) groups is 1. The zero-order valence-corrected chi connectivity index (χ0v) is 18.2. The summed E-state index contributed by atoms with van der Waals surface area (Å²) >= 11 is 0. The highest BCUT2D eigenvalue weighted by molar-refractivity contribution is 5.91. The lowest BCUT2D eigenvalue weighted by atomic mass is 10.1. The number of hydrogen-bond donors (Lipinski definition) is 1. The van der Waals surface area contributed by atoms with Crippen LogP contribution in [0.1, 0.15) is 42.5 Å². The van der Waals surface area contributed by atoms with Crippen LogP contribution in [-0.2, 0) is 17.4 Å². The smallest absolute Gasteiger partial charge is 0.371 e. The third-order valence-electron chi connectivity index (χ3n) is 5.84. The third-order valence-corrected chi connectivity index (χ3v) is 5.84. The molecule has 0 radical (unpaired) electrons. The number of amides is 1. The van der Waals surface area contributed by atoms with E-state index in [1.807, 2.05) is 24.3 Å². The summed E-state index contributed by atoms with van der Waals surface area (Å²) in [4.78, 5) is 22.4. The van der Waals surface area contributed by atoms with Crippen LogP contribution in [0.3, 0.4) is 0 Å². The number of halogens is 3. The average Bonchev–Trinajstić information content (AvgIpc) is 3.35. The van der Waals surface area contributed by atoms with Crippen molar-refractivity contribution in [1.82, 2.24) is 19.6 Å². The molecule has 1 unspecified atom stereocenters. The van der Waals surface area contributed by atoms with Crippen LogP contribution >= 0.6 is 0 Å². The van der Waals surface area contributed by atoms with Gasteiger partial charge in [0.05, 0.1) is 0 Å². The van der Waals surface area contributed by atoms with Crippen molar-refractivity contribution in [2.24, 2.45) is 5.92 Å². The number of anilines is 2. The Bertz CT molecular complexity index is 1140. The van der Waals surface area contributed by atoms with Crippen LogP contribution in [0.2, 0.25) is 0 Å². The molecule has 1 atom stereocenters. The molecule has 0 aliphatic carbocycles. The van der Waals surface area contributed by atoms with E-state index in [0.717, 1.165) is 23.3 Å². The molecule has 32 heavy (non-hydrogen) atoms. The van der Waals surface area contributed by atoms with E-state index < -0.39 is 12.0 Å². The van der Waals surface area contributed by atoms with Crippen molar-refractivity contribution in [2.45, 2.75) is 46.2 Å². The molecule has 0 bridgehead atoms. The van der Waals surface area contributed by atoms with Crippen LogP contribution in [0.25, 0.3) is 5.78 Å². The van der Waals surface area contributed by atoms with Gasteiger partial charge in [-0.15, -0.1) is 5.10 Å². The van der Waals surface area contributed by atoms with E-state index in [4.69, 9.17) is 0 Å². The molecule has 0 saturated carbocycles. The summed E-state index contributed by atoms with van der Waals surface area (Å²) in [5.74, 6) is -0.823. The van der Waals surface area contributed by atoms with Crippen LogP contribution in [0.4, 0.5) is 24.5 Å². The van der Waals surface area contributed by atoms with Gasteiger partial charge >= 0.3 is 6.18 Å². The topological polar surface area (TPSA) is 75.4 Å². The fourth-order valence-electron chi connectivity index (χ4n) is 4.08. The largest absolute Gasteiger partial charge is 0.453 e. The Morgan fingerprint density at radius 3 is 2.53 bits per heavy atom. The molecular weight excluding hydrogens is 421 g/mol. The van der Waals surface area contributed by atoms with Gasteiger partial charge in [-0.3, -0.25) is 4.79 Å². The molecule has 1 aromatic carbocycles. The van der Waals surface area contributed by atoms with Gasteiger partial charge in [0.25, 0.3) is 11.6 Å². The van der Waals surface area contributed by atoms with Crippen LogP contribution in [0.5, 0.6) is 0 Å². The number of benzene rings is 1. The minimum absolute atomic E-state index is 0.104. The second kappa shape index (κ2) is 8.40. The van der Waals surface area contributed by atoms with Crippen molar-refractivity contribution in [3.8, 4) is 0 Å². The van der Waals surface area contributed by atoms with Crippen LogP contribution in [-0.4, -0.2) is 38.6 Å². The quantitative estimate of drug-likeness (QED) is 0.637. The van der Waals surface area contributed by atoms with Gasteiger partial charge in [0.1, 0.15) is 0 Å². The Morgan fingerprint density at radius 2 is 1.91 bits per heavy atom. The SMILES string of the molecule is Cc1nc2nc(C(F)(F)F)nn2c(C)c1CCC(=O)Nc1ccc(N2CCC(C)C2)cc1. The van der Waals surface area contributed by atoms with Gasteiger partial charge in [-0.25, -0.2) is 9.50 Å². The second-order valence-corrected chi connectivity index (χ2v) is 8.34. The van der Waals surface area contributed by atoms with Gasteiger partial charge in [-0.2, -0.15) is 18.2 Å². The first-order chi connectivity index (χ1) is 15.1. The van der Waals surface area contributed by atoms with Crippen LogP contribution in [0.15, 0.2) is 24.3 Å². The highest BCUT2D eigenvalue weighted by Gasteiger charge is 2.37. The van der Waals surface area contributed by atoms with Gasteiger partial charge in [0, 0.05) is 42.3 Å². The number of hydrogen-bond acceptors (Lipinski definition) is 5. The summed E-state index contributed by atoms with van der Waals surface area (Å²) < 4.78 is 39.9. The molecule has 4 rings (SSSR count). The summed E-state index contributed by atoms with van der Waals surface area (Å²) in [7, 11) is 0. The fraction of sp³-hybridized carbons (Fsp3) is 0.455. The van der Waals surface area contributed by atoms with E-state index in [9.17, 15) is 18.0 Å². The Morgan fingerprint density at radius 1 is 1.19 bits per heavy atom. The zero-order chi connectivity index (χ0) is 23.0. The Balaban J connectivity index is 1.41. The van der Waals surface area contributed by atoms with E-state index in [1.165, 1.54) is 6.42 Å². The summed E-state index contributed by atoms with van der Waals surface area (Å²) in [5.41, 5.74) is 3.56. The zero-order valence-electron chi connectivity index (χ0n) is 18.2. The van der Waals surface area contributed by atoms with Gasteiger partial charge in [0.2, 0.25) is 5.91 Å². The van der Waals surface area contributed by atoms with E-state index in [-0.39, 0.29) is 18.1 Å². The van der Waals surface area contributed by atoms with Crippen LogP contribution in [0, 0.1) is 19.8 Å². The molecule has 1 N–H and O–H groups in total. The van der Waals surface area contributed by atoms with Crippen molar-refractivity contribution in [3.05, 3.63) is 47.0 Å². The number of nitrogens with zero attached hydrogens (tertiary/aromatic N) is 5. The van der Waals surface area contributed by atoms with Gasteiger partial charge in [-0.05, 0) is 62.4 Å². The maximum atomic E-state index is 12.9. The average molecular weight is 446 g/mol. The van der Waals surface area contributed by atoms with E-state index >= 15 is 0 Å².